The molecule has 3 aromatic rings. The molecule has 0 fully saturated rings. The van der Waals surface area contributed by atoms with Crippen molar-refractivity contribution in [2.75, 3.05) is 11.1 Å². The van der Waals surface area contributed by atoms with Gasteiger partial charge in [-0.3, -0.25) is 10.1 Å². The molecule has 0 aliphatic carbocycles. The summed E-state index contributed by atoms with van der Waals surface area (Å²) < 4.78 is 0. The summed E-state index contributed by atoms with van der Waals surface area (Å²) in [6.45, 7) is 0. The molecule has 0 radical (unpaired) electrons. The van der Waals surface area contributed by atoms with Crippen LogP contribution < -0.4 is 5.32 Å². The van der Waals surface area contributed by atoms with Crippen molar-refractivity contribution in [2.24, 2.45) is 0 Å². The van der Waals surface area contributed by atoms with Gasteiger partial charge in [-0.15, -0.1) is 22.0 Å². The molecule has 0 spiro atoms. The second-order valence-corrected chi connectivity index (χ2v) is 7.56. The second-order valence-electron chi connectivity index (χ2n) is 4.69. The van der Waals surface area contributed by atoms with E-state index in [0.29, 0.717) is 25.9 Å². The fourth-order valence-electron chi connectivity index (χ4n) is 1.87. The Hall–Kier alpha value is -1.60. The van der Waals surface area contributed by atoms with Crippen LogP contribution in [0.15, 0.2) is 53.4 Å². The van der Waals surface area contributed by atoms with E-state index in [2.05, 4.69) is 15.5 Å². The van der Waals surface area contributed by atoms with Gasteiger partial charge < -0.3 is 0 Å². The number of nitrogens with one attached hydrogen (secondary N) is 1. The fourth-order valence-corrected chi connectivity index (χ4v) is 3.94. The number of amides is 1. The minimum Gasteiger partial charge on any atom is -0.300 e. The van der Waals surface area contributed by atoms with E-state index >= 15 is 0 Å². The van der Waals surface area contributed by atoms with E-state index in [1.807, 2.05) is 30.3 Å². The highest BCUT2D eigenvalue weighted by atomic mass is 35.5. The first-order chi connectivity index (χ1) is 11.6. The highest BCUT2D eigenvalue weighted by molar-refractivity contribution is 8.00. The van der Waals surface area contributed by atoms with E-state index in [4.69, 9.17) is 23.2 Å². The van der Waals surface area contributed by atoms with Crippen LogP contribution in [0.1, 0.15) is 0 Å². The minimum atomic E-state index is -0.131. The predicted octanol–water partition coefficient (Wildman–Crippen LogP) is 5.24. The van der Waals surface area contributed by atoms with Gasteiger partial charge in [0.15, 0.2) is 5.01 Å². The van der Waals surface area contributed by atoms with Gasteiger partial charge in [0.1, 0.15) is 0 Å². The lowest BCUT2D eigenvalue weighted by atomic mass is 10.2. The molecule has 4 nitrogen and oxygen atoms in total. The number of nitrogens with zero attached hydrogens (tertiary/aromatic N) is 2. The Morgan fingerprint density at radius 1 is 1.12 bits per heavy atom. The largest absolute Gasteiger partial charge is 0.300 e. The van der Waals surface area contributed by atoms with Crippen LogP contribution >= 0.6 is 46.3 Å². The average molecular weight is 396 g/mol. The molecule has 1 aromatic heterocycles. The van der Waals surface area contributed by atoms with Gasteiger partial charge in [0.2, 0.25) is 11.0 Å². The number of hydrogen-bond donors (Lipinski definition) is 1. The molecule has 0 atom stereocenters. The summed E-state index contributed by atoms with van der Waals surface area (Å²) in [6, 6.07) is 14.9. The zero-order chi connectivity index (χ0) is 16.9. The van der Waals surface area contributed by atoms with Crippen LogP contribution in [0.25, 0.3) is 10.6 Å². The lowest BCUT2D eigenvalue weighted by Crippen LogP contribution is -2.13. The molecular formula is C16H11Cl2N3OS2. The van der Waals surface area contributed by atoms with Crippen LogP contribution in [0.5, 0.6) is 0 Å². The lowest BCUT2D eigenvalue weighted by molar-refractivity contribution is -0.113. The molecule has 1 amide bonds. The molecule has 0 aliphatic heterocycles. The standard InChI is InChI=1S/C16H11Cl2N3OS2/c17-10-6-7-12(13(18)8-10)15-20-21-16(24-15)19-14(22)9-23-11-4-2-1-3-5-11/h1-8H,9H2,(H,19,21,22). The fraction of sp³-hybridized carbons (Fsp3) is 0.0625. The number of rotatable bonds is 5. The first-order valence-electron chi connectivity index (χ1n) is 6.88. The number of carbonyl (C=O) groups is 1. The van der Waals surface area contributed by atoms with Gasteiger partial charge >= 0.3 is 0 Å². The Morgan fingerprint density at radius 2 is 1.92 bits per heavy atom. The Morgan fingerprint density at radius 3 is 2.67 bits per heavy atom. The van der Waals surface area contributed by atoms with E-state index < -0.39 is 0 Å². The van der Waals surface area contributed by atoms with Crippen molar-refractivity contribution < 1.29 is 4.79 Å². The summed E-state index contributed by atoms with van der Waals surface area (Å²) >= 11 is 14.8. The maximum absolute atomic E-state index is 12.0. The Bertz CT molecular complexity index is 856. The number of benzene rings is 2. The van der Waals surface area contributed by atoms with Crippen LogP contribution in [0, 0.1) is 0 Å². The molecule has 0 bridgehead atoms. The van der Waals surface area contributed by atoms with Crippen LogP contribution in [-0.4, -0.2) is 21.9 Å². The van der Waals surface area contributed by atoms with Gasteiger partial charge in [0.25, 0.3) is 0 Å². The van der Waals surface area contributed by atoms with Crippen molar-refractivity contribution in [3.63, 3.8) is 0 Å². The summed E-state index contributed by atoms with van der Waals surface area (Å²) in [7, 11) is 0. The van der Waals surface area contributed by atoms with Crippen molar-refractivity contribution in [2.45, 2.75) is 4.90 Å². The smallest absolute Gasteiger partial charge is 0.236 e. The molecule has 0 saturated carbocycles. The molecule has 1 N–H and O–H groups in total. The van der Waals surface area contributed by atoms with Crippen LogP contribution in [0.2, 0.25) is 10.0 Å². The molecule has 2 aromatic carbocycles. The van der Waals surface area contributed by atoms with Gasteiger partial charge in [-0.1, -0.05) is 52.7 Å². The Kier molecular flexibility index (Phi) is 5.73. The number of halogens is 2. The third-order valence-corrected chi connectivity index (χ3v) is 5.38. The van der Waals surface area contributed by atoms with E-state index in [1.165, 1.54) is 23.1 Å². The summed E-state index contributed by atoms with van der Waals surface area (Å²) in [5.74, 6) is 0.175. The van der Waals surface area contributed by atoms with E-state index in [-0.39, 0.29) is 5.91 Å². The first-order valence-corrected chi connectivity index (χ1v) is 9.44. The highest BCUT2D eigenvalue weighted by Crippen LogP contribution is 2.33. The number of hydrogen-bond acceptors (Lipinski definition) is 5. The SMILES string of the molecule is O=C(CSc1ccccc1)Nc1nnc(-c2ccc(Cl)cc2Cl)s1. The topological polar surface area (TPSA) is 54.9 Å². The Labute approximate surface area is 157 Å². The maximum atomic E-state index is 12.0. The molecule has 0 unspecified atom stereocenters. The molecule has 8 heteroatoms. The minimum absolute atomic E-state index is 0.131. The molecule has 0 saturated heterocycles. The monoisotopic (exact) mass is 395 g/mol. The molecule has 24 heavy (non-hydrogen) atoms. The van der Waals surface area contributed by atoms with Gasteiger partial charge in [-0.05, 0) is 30.3 Å². The third-order valence-electron chi connectivity index (χ3n) is 2.95. The maximum Gasteiger partial charge on any atom is 0.236 e. The zero-order valence-electron chi connectivity index (χ0n) is 12.2. The van der Waals surface area contributed by atoms with Crippen molar-refractivity contribution in [3.8, 4) is 10.6 Å². The molecule has 0 aliphatic rings. The summed E-state index contributed by atoms with van der Waals surface area (Å²) in [5, 5.41) is 12.9. The number of aromatic nitrogens is 2. The van der Waals surface area contributed by atoms with Crippen LogP contribution in [-0.2, 0) is 4.79 Å². The Balaban J connectivity index is 1.62. The molecule has 122 valence electrons. The summed E-state index contributed by atoms with van der Waals surface area (Å²) in [5.41, 5.74) is 0.734. The van der Waals surface area contributed by atoms with Crippen LogP contribution in [0.4, 0.5) is 5.13 Å². The highest BCUT2D eigenvalue weighted by Gasteiger charge is 2.12. The summed E-state index contributed by atoms with van der Waals surface area (Å²) in [4.78, 5) is 13.0. The van der Waals surface area contributed by atoms with Crippen molar-refractivity contribution in [1.29, 1.82) is 0 Å². The normalized spacial score (nSPS) is 10.6. The predicted molar refractivity (Wildman–Crippen MR) is 101 cm³/mol. The van der Waals surface area contributed by atoms with E-state index in [0.717, 1.165) is 10.5 Å². The van der Waals surface area contributed by atoms with Gasteiger partial charge in [0, 0.05) is 15.5 Å². The quantitative estimate of drug-likeness (QED) is 0.599. The second kappa shape index (κ2) is 7.98. The molecule has 1 heterocycles. The van der Waals surface area contributed by atoms with Crippen molar-refractivity contribution in [1.82, 2.24) is 10.2 Å². The third kappa shape index (κ3) is 4.48. The zero-order valence-corrected chi connectivity index (χ0v) is 15.3. The average Bonchev–Trinajstić information content (AvgIpc) is 3.02. The van der Waals surface area contributed by atoms with Crippen molar-refractivity contribution in [3.05, 3.63) is 58.6 Å². The van der Waals surface area contributed by atoms with Gasteiger partial charge in [-0.25, -0.2) is 0 Å². The van der Waals surface area contributed by atoms with E-state index in [9.17, 15) is 4.79 Å². The van der Waals surface area contributed by atoms with Crippen molar-refractivity contribution >= 4 is 57.3 Å². The number of thioether (sulfide) groups is 1. The summed E-state index contributed by atoms with van der Waals surface area (Å²) in [6.07, 6.45) is 0. The number of carbonyl (C=O) groups excluding carboxylic acids is 1. The lowest BCUT2D eigenvalue weighted by Gasteiger charge is -2.01. The van der Waals surface area contributed by atoms with Gasteiger partial charge in [-0.2, -0.15) is 0 Å². The van der Waals surface area contributed by atoms with Crippen LogP contribution in [0.3, 0.4) is 0 Å². The first kappa shape index (κ1) is 17.2. The number of anilines is 1. The molecule has 3 rings (SSSR count). The van der Waals surface area contributed by atoms with E-state index in [1.54, 1.807) is 18.2 Å². The molecular weight excluding hydrogens is 385 g/mol. The van der Waals surface area contributed by atoms with Gasteiger partial charge in [0.05, 0.1) is 10.8 Å².